The van der Waals surface area contributed by atoms with Crippen molar-refractivity contribution in [1.82, 2.24) is 10.2 Å². The summed E-state index contributed by atoms with van der Waals surface area (Å²) in [5, 5.41) is 20.1. The van der Waals surface area contributed by atoms with Crippen LogP contribution in [0.2, 0.25) is 0 Å². The van der Waals surface area contributed by atoms with Gasteiger partial charge in [-0.05, 0) is 25.7 Å². The molecule has 2 amide bonds. The van der Waals surface area contributed by atoms with Crippen molar-refractivity contribution in [3.8, 4) is 0 Å². The summed E-state index contributed by atoms with van der Waals surface area (Å²) in [5.41, 5.74) is 0. The fourth-order valence-corrected chi connectivity index (χ4v) is 1.93. The lowest BCUT2D eigenvalue weighted by Gasteiger charge is -2.30. The first-order valence-corrected chi connectivity index (χ1v) is 6.41. The van der Waals surface area contributed by atoms with E-state index in [2.05, 4.69) is 5.32 Å². The summed E-state index contributed by atoms with van der Waals surface area (Å²) in [6.07, 6.45) is 2.17. The Morgan fingerprint density at radius 1 is 1.47 bits per heavy atom. The highest BCUT2D eigenvalue weighted by molar-refractivity contribution is 5.82. The number of ether oxygens (including phenoxy) is 1. The lowest BCUT2D eigenvalue weighted by Crippen LogP contribution is -2.53. The van der Waals surface area contributed by atoms with E-state index in [1.165, 1.54) is 0 Å². The van der Waals surface area contributed by atoms with Crippen LogP contribution < -0.4 is 5.32 Å². The first kappa shape index (κ1) is 15.7. The van der Waals surface area contributed by atoms with Crippen LogP contribution in [0, 0.1) is 5.92 Å². The molecular formula is C12H22N2O5. The number of rotatable bonds is 8. The van der Waals surface area contributed by atoms with Crippen molar-refractivity contribution in [3.05, 3.63) is 0 Å². The molecule has 3 N–H and O–H groups in total. The highest BCUT2D eigenvalue weighted by atomic mass is 16.5. The van der Waals surface area contributed by atoms with Crippen molar-refractivity contribution in [1.29, 1.82) is 0 Å². The molecule has 1 saturated carbocycles. The molecule has 1 unspecified atom stereocenters. The van der Waals surface area contributed by atoms with E-state index < -0.39 is 24.6 Å². The van der Waals surface area contributed by atoms with Crippen LogP contribution in [-0.2, 0) is 9.53 Å². The van der Waals surface area contributed by atoms with Crippen molar-refractivity contribution in [2.75, 3.05) is 26.9 Å². The van der Waals surface area contributed by atoms with Gasteiger partial charge in [-0.3, -0.25) is 0 Å². The second-order valence-electron chi connectivity index (χ2n) is 4.79. The SMILES string of the molecule is COCCN(C(=O)N[C@@H](CO)C(=O)O)C(C)C1CC1. The van der Waals surface area contributed by atoms with Gasteiger partial charge in [-0.2, -0.15) is 0 Å². The van der Waals surface area contributed by atoms with Gasteiger partial charge in [0, 0.05) is 19.7 Å². The molecule has 1 aliphatic rings. The Labute approximate surface area is 112 Å². The monoisotopic (exact) mass is 274 g/mol. The van der Waals surface area contributed by atoms with Crippen LogP contribution in [-0.4, -0.2) is 66.1 Å². The predicted molar refractivity (Wildman–Crippen MR) is 67.8 cm³/mol. The summed E-state index contributed by atoms with van der Waals surface area (Å²) in [6.45, 7) is 2.11. The number of hydrogen-bond donors (Lipinski definition) is 3. The smallest absolute Gasteiger partial charge is 0.328 e. The zero-order valence-corrected chi connectivity index (χ0v) is 11.3. The van der Waals surface area contributed by atoms with E-state index in [1.54, 1.807) is 12.0 Å². The molecule has 0 aromatic carbocycles. The van der Waals surface area contributed by atoms with Gasteiger partial charge in [0.25, 0.3) is 0 Å². The average molecular weight is 274 g/mol. The topological polar surface area (TPSA) is 99.1 Å². The van der Waals surface area contributed by atoms with Gasteiger partial charge in [0.2, 0.25) is 0 Å². The molecule has 1 fully saturated rings. The maximum Gasteiger partial charge on any atom is 0.328 e. The second-order valence-corrected chi connectivity index (χ2v) is 4.79. The molecule has 0 radical (unpaired) electrons. The number of amides is 2. The maximum atomic E-state index is 12.1. The molecule has 2 atom stereocenters. The number of aliphatic hydroxyl groups is 1. The molecular weight excluding hydrogens is 252 g/mol. The van der Waals surface area contributed by atoms with E-state index in [9.17, 15) is 9.59 Å². The molecule has 7 nitrogen and oxygen atoms in total. The number of carbonyl (C=O) groups is 2. The van der Waals surface area contributed by atoms with Crippen LogP contribution in [0.15, 0.2) is 0 Å². The Hall–Kier alpha value is -1.34. The van der Waals surface area contributed by atoms with Gasteiger partial charge in [0.05, 0.1) is 13.2 Å². The predicted octanol–water partition coefficient (Wildman–Crippen LogP) is -0.112. The number of aliphatic carboxylic acids is 1. The Balaban J connectivity index is 2.61. The van der Waals surface area contributed by atoms with Gasteiger partial charge < -0.3 is 25.2 Å². The Kier molecular flexibility index (Phi) is 6.04. The highest BCUT2D eigenvalue weighted by Crippen LogP contribution is 2.35. The lowest BCUT2D eigenvalue weighted by atomic mass is 10.2. The molecule has 0 bridgehead atoms. The average Bonchev–Trinajstić information content (AvgIpc) is 3.19. The second kappa shape index (κ2) is 7.30. The number of carboxylic acids is 1. The van der Waals surface area contributed by atoms with Crippen LogP contribution in [0.25, 0.3) is 0 Å². The first-order chi connectivity index (χ1) is 9.01. The van der Waals surface area contributed by atoms with E-state index >= 15 is 0 Å². The highest BCUT2D eigenvalue weighted by Gasteiger charge is 2.35. The van der Waals surface area contributed by atoms with Gasteiger partial charge in [-0.25, -0.2) is 9.59 Å². The molecule has 7 heteroatoms. The summed E-state index contributed by atoms with van der Waals surface area (Å²) >= 11 is 0. The maximum absolute atomic E-state index is 12.1. The zero-order chi connectivity index (χ0) is 14.4. The van der Waals surface area contributed by atoms with E-state index in [0.717, 1.165) is 12.8 Å². The lowest BCUT2D eigenvalue weighted by molar-refractivity contribution is -0.140. The van der Waals surface area contributed by atoms with Crippen molar-refractivity contribution in [2.45, 2.75) is 31.8 Å². The third-order valence-corrected chi connectivity index (χ3v) is 3.37. The Morgan fingerprint density at radius 2 is 2.11 bits per heavy atom. The number of hydrogen-bond acceptors (Lipinski definition) is 4. The van der Waals surface area contributed by atoms with E-state index in [0.29, 0.717) is 19.1 Å². The number of nitrogens with zero attached hydrogens (tertiary/aromatic N) is 1. The van der Waals surface area contributed by atoms with Gasteiger partial charge in [0.15, 0.2) is 6.04 Å². The minimum Gasteiger partial charge on any atom is -0.480 e. The fraction of sp³-hybridized carbons (Fsp3) is 0.833. The van der Waals surface area contributed by atoms with Crippen LogP contribution >= 0.6 is 0 Å². The molecule has 1 rings (SSSR count). The number of carboxylic acid groups (broad SMARTS) is 1. The van der Waals surface area contributed by atoms with Gasteiger partial charge in [0.1, 0.15) is 0 Å². The van der Waals surface area contributed by atoms with Crippen LogP contribution in [0.1, 0.15) is 19.8 Å². The molecule has 0 saturated heterocycles. The fourth-order valence-electron chi connectivity index (χ4n) is 1.93. The molecule has 0 spiro atoms. The number of urea groups is 1. The molecule has 19 heavy (non-hydrogen) atoms. The first-order valence-electron chi connectivity index (χ1n) is 6.41. The van der Waals surface area contributed by atoms with Crippen molar-refractivity contribution in [3.63, 3.8) is 0 Å². The third kappa shape index (κ3) is 4.68. The van der Waals surface area contributed by atoms with E-state index in [-0.39, 0.29) is 6.04 Å². The molecule has 110 valence electrons. The standard InChI is InChI=1S/C12H22N2O5/c1-8(9-3-4-9)14(5-6-19-2)12(18)13-10(7-15)11(16)17/h8-10,15H,3-7H2,1-2H3,(H,13,18)(H,16,17)/t8?,10-/m0/s1. The summed E-state index contributed by atoms with van der Waals surface area (Å²) in [5.74, 6) is -0.776. The molecule has 1 aliphatic carbocycles. The summed E-state index contributed by atoms with van der Waals surface area (Å²) < 4.78 is 4.96. The number of carbonyl (C=O) groups excluding carboxylic acids is 1. The number of methoxy groups -OCH3 is 1. The van der Waals surface area contributed by atoms with Gasteiger partial charge >= 0.3 is 12.0 Å². The normalized spacial score (nSPS) is 17.6. The van der Waals surface area contributed by atoms with Gasteiger partial charge in [-0.15, -0.1) is 0 Å². The van der Waals surface area contributed by atoms with E-state index in [1.807, 2.05) is 6.92 Å². The number of aliphatic hydroxyl groups excluding tert-OH is 1. The third-order valence-electron chi connectivity index (χ3n) is 3.37. The van der Waals surface area contributed by atoms with Gasteiger partial charge in [-0.1, -0.05) is 0 Å². The van der Waals surface area contributed by atoms with Crippen molar-refractivity contribution in [2.24, 2.45) is 5.92 Å². The number of nitrogens with one attached hydrogen (secondary N) is 1. The minimum absolute atomic E-state index is 0.0447. The Morgan fingerprint density at radius 3 is 2.53 bits per heavy atom. The molecule has 0 heterocycles. The van der Waals surface area contributed by atoms with Crippen LogP contribution in [0.3, 0.4) is 0 Å². The quantitative estimate of drug-likeness (QED) is 0.573. The van der Waals surface area contributed by atoms with Crippen LogP contribution in [0.4, 0.5) is 4.79 Å². The molecule has 0 aromatic rings. The summed E-state index contributed by atoms with van der Waals surface area (Å²) in [7, 11) is 1.55. The zero-order valence-electron chi connectivity index (χ0n) is 11.3. The van der Waals surface area contributed by atoms with E-state index in [4.69, 9.17) is 14.9 Å². The van der Waals surface area contributed by atoms with Crippen LogP contribution in [0.5, 0.6) is 0 Å². The van der Waals surface area contributed by atoms with Crippen molar-refractivity contribution >= 4 is 12.0 Å². The molecule has 0 aliphatic heterocycles. The summed E-state index contributed by atoms with van der Waals surface area (Å²) in [6, 6.07) is -1.70. The minimum atomic E-state index is -1.27. The largest absolute Gasteiger partial charge is 0.480 e. The summed E-state index contributed by atoms with van der Waals surface area (Å²) in [4.78, 5) is 24.5. The molecule has 0 aromatic heterocycles. The Bertz CT molecular complexity index is 319. The van der Waals surface area contributed by atoms with Crippen molar-refractivity contribution < 1.29 is 24.5 Å².